The molecular weight excluding hydrogens is 216 g/mol. The smallest absolute Gasteiger partial charge is 0.241 e. The fourth-order valence-electron chi connectivity index (χ4n) is 1.71. The monoisotopic (exact) mass is 238 g/mol. The van der Waals surface area contributed by atoms with Crippen molar-refractivity contribution in [3.63, 3.8) is 0 Å². The maximum atomic E-state index is 11.7. The number of rotatable bonds is 7. The second kappa shape index (κ2) is 6.93. The van der Waals surface area contributed by atoms with Gasteiger partial charge in [0.25, 0.3) is 0 Å². The van der Waals surface area contributed by atoms with Crippen LogP contribution in [0.4, 0.5) is 5.69 Å². The van der Waals surface area contributed by atoms with Crippen molar-refractivity contribution >= 4 is 11.6 Å². The maximum Gasteiger partial charge on any atom is 0.241 e. The molecule has 1 aromatic heterocycles. The number of nitrogen functional groups attached to an aromatic ring is 1. The van der Waals surface area contributed by atoms with Gasteiger partial charge in [0, 0.05) is 12.2 Å². The van der Waals surface area contributed by atoms with E-state index in [1.807, 2.05) is 6.92 Å². The number of hydrogen-bond donors (Lipinski definition) is 2. The molecule has 5 heteroatoms. The fraction of sp³-hybridized carbons (Fsp3) is 0.667. The van der Waals surface area contributed by atoms with Crippen LogP contribution in [-0.4, -0.2) is 21.7 Å². The van der Waals surface area contributed by atoms with E-state index in [2.05, 4.69) is 17.3 Å². The molecular formula is C12H22N4O. The van der Waals surface area contributed by atoms with E-state index >= 15 is 0 Å². The van der Waals surface area contributed by atoms with E-state index in [4.69, 9.17) is 5.73 Å². The third kappa shape index (κ3) is 5.38. The molecule has 0 fully saturated rings. The third-order valence-electron chi connectivity index (χ3n) is 2.61. The van der Waals surface area contributed by atoms with Crippen LogP contribution in [0.25, 0.3) is 0 Å². The van der Waals surface area contributed by atoms with Crippen molar-refractivity contribution in [1.82, 2.24) is 15.1 Å². The molecule has 1 heterocycles. The Morgan fingerprint density at radius 3 is 2.94 bits per heavy atom. The Hall–Kier alpha value is -1.52. The van der Waals surface area contributed by atoms with Gasteiger partial charge in [0.05, 0.1) is 11.9 Å². The zero-order valence-electron chi connectivity index (χ0n) is 10.6. The first-order chi connectivity index (χ1) is 8.11. The maximum absolute atomic E-state index is 11.7. The zero-order valence-corrected chi connectivity index (χ0v) is 10.6. The van der Waals surface area contributed by atoms with Crippen LogP contribution in [0.1, 0.15) is 39.5 Å². The summed E-state index contributed by atoms with van der Waals surface area (Å²) in [6.45, 7) is 4.44. The molecule has 1 aromatic rings. The van der Waals surface area contributed by atoms with Crippen molar-refractivity contribution in [3.8, 4) is 0 Å². The first-order valence-electron chi connectivity index (χ1n) is 6.19. The number of nitrogens with one attached hydrogen (secondary N) is 1. The number of nitrogens with zero attached hydrogens (tertiary/aromatic N) is 2. The van der Waals surface area contributed by atoms with Crippen molar-refractivity contribution < 1.29 is 4.79 Å². The summed E-state index contributed by atoms with van der Waals surface area (Å²) < 4.78 is 1.55. The predicted octanol–water partition coefficient (Wildman–Crippen LogP) is 1.55. The molecule has 3 N–H and O–H groups in total. The van der Waals surface area contributed by atoms with Crippen molar-refractivity contribution in [3.05, 3.63) is 12.4 Å². The number of nitrogens with two attached hydrogens (primary N) is 1. The topological polar surface area (TPSA) is 72.9 Å². The van der Waals surface area contributed by atoms with Gasteiger partial charge in [0.2, 0.25) is 5.91 Å². The van der Waals surface area contributed by atoms with E-state index in [0.717, 1.165) is 12.8 Å². The average Bonchev–Trinajstić information content (AvgIpc) is 2.64. The lowest BCUT2D eigenvalue weighted by molar-refractivity contribution is -0.122. The van der Waals surface area contributed by atoms with Gasteiger partial charge in [-0.05, 0) is 13.3 Å². The number of carbonyl (C=O) groups excluding carboxylic acids is 1. The summed E-state index contributed by atoms with van der Waals surface area (Å²) in [5, 5.41) is 6.93. The lowest BCUT2D eigenvalue weighted by Gasteiger charge is -2.13. The molecule has 0 aliphatic carbocycles. The molecule has 96 valence electrons. The Morgan fingerprint density at radius 1 is 1.59 bits per heavy atom. The van der Waals surface area contributed by atoms with Crippen molar-refractivity contribution in [1.29, 1.82) is 0 Å². The summed E-state index contributed by atoms with van der Waals surface area (Å²) in [4.78, 5) is 11.7. The molecule has 0 aromatic carbocycles. The summed E-state index contributed by atoms with van der Waals surface area (Å²) in [6.07, 6.45) is 7.80. The predicted molar refractivity (Wildman–Crippen MR) is 68.4 cm³/mol. The van der Waals surface area contributed by atoms with E-state index in [1.54, 1.807) is 10.9 Å². The molecule has 0 aliphatic rings. The Labute approximate surface area is 102 Å². The number of carbonyl (C=O) groups is 1. The van der Waals surface area contributed by atoms with Gasteiger partial charge in [-0.1, -0.05) is 26.2 Å². The van der Waals surface area contributed by atoms with E-state index < -0.39 is 0 Å². The molecule has 0 spiro atoms. The van der Waals surface area contributed by atoms with E-state index in [-0.39, 0.29) is 18.5 Å². The van der Waals surface area contributed by atoms with Crippen LogP contribution in [0.5, 0.6) is 0 Å². The van der Waals surface area contributed by atoms with Crippen LogP contribution in [0.2, 0.25) is 0 Å². The van der Waals surface area contributed by atoms with Crippen LogP contribution < -0.4 is 11.1 Å². The van der Waals surface area contributed by atoms with E-state index in [0.29, 0.717) is 5.69 Å². The van der Waals surface area contributed by atoms with Gasteiger partial charge in [-0.15, -0.1) is 0 Å². The lowest BCUT2D eigenvalue weighted by atomic mass is 10.1. The van der Waals surface area contributed by atoms with E-state index in [1.165, 1.54) is 19.0 Å². The molecule has 0 saturated heterocycles. The van der Waals surface area contributed by atoms with E-state index in [9.17, 15) is 4.79 Å². The Bertz CT molecular complexity index is 348. The highest BCUT2D eigenvalue weighted by Crippen LogP contribution is 2.03. The molecule has 5 nitrogen and oxygen atoms in total. The molecule has 0 radical (unpaired) electrons. The molecule has 1 rings (SSSR count). The van der Waals surface area contributed by atoms with Gasteiger partial charge in [-0.25, -0.2) is 0 Å². The number of unbranched alkanes of at least 4 members (excludes halogenated alkanes) is 2. The number of anilines is 1. The van der Waals surface area contributed by atoms with Crippen LogP contribution in [0.15, 0.2) is 12.4 Å². The highest BCUT2D eigenvalue weighted by Gasteiger charge is 2.08. The summed E-state index contributed by atoms with van der Waals surface area (Å²) in [5.41, 5.74) is 6.10. The lowest BCUT2D eigenvalue weighted by Crippen LogP contribution is -2.35. The highest BCUT2D eigenvalue weighted by molar-refractivity contribution is 5.75. The standard InChI is InChI=1S/C12H22N4O/c1-3-4-5-6-10(2)15-12(17)9-16-8-11(13)7-14-16/h7-8,10H,3-6,9,13H2,1-2H3,(H,15,17). The van der Waals surface area contributed by atoms with Gasteiger partial charge < -0.3 is 11.1 Å². The second-order valence-corrected chi connectivity index (χ2v) is 4.44. The van der Waals surface area contributed by atoms with Crippen molar-refractivity contribution in [2.75, 3.05) is 5.73 Å². The van der Waals surface area contributed by atoms with Crippen LogP contribution >= 0.6 is 0 Å². The number of amides is 1. The number of aromatic nitrogens is 2. The van der Waals surface area contributed by atoms with Crippen molar-refractivity contribution in [2.24, 2.45) is 0 Å². The van der Waals surface area contributed by atoms with Gasteiger partial charge >= 0.3 is 0 Å². The quantitative estimate of drug-likeness (QED) is 0.708. The Balaban J connectivity index is 2.24. The number of hydrogen-bond acceptors (Lipinski definition) is 3. The largest absolute Gasteiger partial charge is 0.396 e. The average molecular weight is 238 g/mol. The minimum atomic E-state index is -0.0166. The summed E-state index contributed by atoms with van der Waals surface area (Å²) in [6, 6.07) is 0.224. The first kappa shape index (κ1) is 13.5. The van der Waals surface area contributed by atoms with Crippen LogP contribution in [0.3, 0.4) is 0 Å². The minimum Gasteiger partial charge on any atom is -0.396 e. The first-order valence-corrected chi connectivity index (χ1v) is 6.19. The molecule has 1 unspecified atom stereocenters. The third-order valence-corrected chi connectivity index (χ3v) is 2.61. The molecule has 1 atom stereocenters. The normalized spacial score (nSPS) is 12.4. The van der Waals surface area contributed by atoms with Crippen molar-refractivity contribution in [2.45, 2.75) is 52.1 Å². The fourth-order valence-corrected chi connectivity index (χ4v) is 1.71. The van der Waals surface area contributed by atoms with Gasteiger partial charge in [-0.3, -0.25) is 9.48 Å². The van der Waals surface area contributed by atoms with Gasteiger partial charge in [-0.2, -0.15) is 5.10 Å². The SMILES string of the molecule is CCCCCC(C)NC(=O)Cn1cc(N)cn1. The molecule has 0 aliphatic heterocycles. The molecule has 0 saturated carbocycles. The summed E-state index contributed by atoms with van der Waals surface area (Å²) >= 11 is 0. The Kier molecular flexibility index (Phi) is 5.52. The second-order valence-electron chi connectivity index (χ2n) is 4.44. The molecule has 0 bridgehead atoms. The highest BCUT2D eigenvalue weighted by atomic mass is 16.2. The minimum absolute atomic E-state index is 0.0166. The van der Waals surface area contributed by atoms with Gasteiger partial charge in [0.15, 0.2) is 0 Å². The molecule has 17 heavy (non-hydrogen) atoms. The Morgan fingerprint density at radius 2 is 2.35 bits per heavy atom. The summed E-state index contributed by atoms with van der Waals surface area (Å²) in [7, 11) is 0. The zero-order chi connectivity index (χ0) is 12.7. The van der Waals surface area contributed by atoms with Crippen LogP contribution in [-0.2, 0) is 11.3 Å². The molecule has 1 amide bonds. The summed E-state index contributed by atoms with van der Waals surface area (Å²) in [5.74, 6) is -0.0166. The van der Waals surface area contributed by atoms with Crippen LogP contribution in [0, 0.1) is 0 Å². The van der Waals surface area contributed by atoms with Gasteiger partial charge in [0.1, 0.15) is 6.54 Å².